The van der Waals surface area contributed by atoms with Gasteiger partial charge in [0.1, 0.15) is 11.4 Å². The molecule has 1 spiro atoms. The lowest BCUT2D eigenvalue weighted by atomic mass is 9.96. The van der Waals surface area contributed by atoms with E-state index in [2.05, 4.69) is 54.1 Å². The van der Waals surface area contributed by atoms with E-state index in [1.54, 1.807) is 0 Å². The van der Waals surface area contributed by atoms with Gasteiger partial charge in [-0.15, -0.1) is 0 Å². The maximum atomic E-state index is 13.4. The normalized spacial score (nSPS) is 22.6. The number of amides is 2. The van der Waals surface area contributed by atoms with Crippen LogP contribution in [0.4, 0.5) is 5.69 Å². The number of aryl methyl sites for hydroxylation is 1. The molecule has 5 aliphatic rings. The highest BCUT2D eigenvalue weighted by atomic mass is 32.2. The van der Waals surface area contributed by atoms with Crippen LogP contribution in [0.5, 0.6) is 0 Å². The van der Waals surface area contributed by atoms with Crippen molar-refractivity contribution in [2.75, 3.05) is 24.4 Å². The Kier molecular flexibility index (Phi) is 5.21. The average molecular weight is 501 g/mol. The number of amidine groups is 1. The first kappa shape index (κ1) is 22.4. The molecule has 0 unspecified atom stereocenters. The highest BCUT2D eigenvalue weighted by Crippen LogP contribution is 2.47. The quantitative estimate of drug-likeness (QED) is 0.525. The molecule has 0 atom stereocenters. The molecule has 3 saturated carbocycles. The predicted molar refractivity (Wildman–Crippen MR) is 144 cm³/mol. The van der Waals surface area contributed by atoms with Crippen molar-refractivity contribution in [1.29, 1.82) is 0 Å². The second-order valence-corrected chi connectivity index (χ2v) is 12.4. The van der Waals surface area contributed by atoms with Gasteiger partial charge >= 0.3 is 0 Å². The van der Waals surface area contributed by atoms with Crippen molar-refractivity contribution < 1.29 is 9.59 Å². The summed E-state index contributed by atoms with van der Waals surface area (Å²) in [6, 6.07) is 15.1. The van der Waals surface area contributed by atoms with Crippen LogP contribution >= 0.6 is 11.9 Å². The summed E-state index contributed by atoms with van der Waals surface area (Å²) in [5.41, 5.74) is 5.13. The van der Waals surface area contributed by atoms with Gasteiger partial charge < -0.3 is 9.62 Å². The van der Waals surface area contributed by atoms with Crippen LogP contribution in [0, 0.1) is 18.8 Å². The molecule has 6 nitrogen and oxygen atoms in total. The van der Waals surface area contributed by atoms with Gasteiger partial charge in [0.2, 0.25) is 5.91 Å². The third kappa shape index (κ3) is 4.11. The molecule has 0 aromatic heterocycles. The largest absolute Gasteiger partial charge is 0.342 e. The van der Waals surface area contributed by atoms with E-state index in [9.17, 15) is 9.59 Å². The molecule has 186 valence electrons. The van der Waals surface area contributed by atoms with Gasteiger partial charge in [-0.3, -0.25) is 19.5 Å². The van der Waals surface area contributed by atoms with Gasteiger partial charge in [-0.1, -0.05) is 30.3 Å². The number of nitrogens with zero attached hydrogens (tertiary/aromatic N) is 3. The van der Waals surface area contributed by atoms with Gasteiger partial charge in [0, 0.05) is 48.0 Å². The Morgan fingerprint density at radius 1 is 1.08 bits per heavy atom. The number of hydrogen-bond donors (Lipinski definition) is 1. The zero-order valence-corrected chi connectivity index (χ0v) is 21.5. The summed E-state index contributed by atoms with van der Waals surface area (Å²) in [7, 11) is 0. The predicted octanol–water partition coefficient (Wildman–Crippen LogP) is 4.87. The van der Waals surface area contributed by atoms with Crippen molar-refractivity contribution in [3.8, 4) is 11.1 Å². The third-order valence-corrected chi connectivity index (χ3v) is 9.27. The number of hydrogen-bond acceptors (Lipinski definition) is 5. The molecule has 2 aromatic rings. The minimum atomic E-state index is -0.521. The second kappa shape index (κ2) is 8.37. The molecule has 2 heterocycles. The highest BCUT2D eigenvalue weighted by molar-refractivity contribution is 8.01. The number of nitrogens with one attached hydrogen (secondary N) is 1. The SMILES string of the molecule is Cc1cc(-c2cccc(NSC3CC3)c2)ccc1C1=NC2(CC2)C(=O)N1CC1CN(C(=O)C2CC2)C1. The Morgan fingerprint density at radius 3 is 2.56 bits per heavy atom. The number of aliphatic imine (C=N–C) groups is 1. The summed E-state index contributed by atoms with van der Waals surface area (Å²) >= 11 is 1.82. The summed E-state index contributed by atoms with van der Waals surface area (Å²) in [6.45, 7) is 4.30. The molecule has 7 rings (SSSR count). The van der Waals surface area contributed by atoms with E-state index in [0.29, 0.717) is 18.4 Å². The number of benzene rings is 2. The minimum absolute atomic E-state index is 0.153. The molecule has 2 aliphatic heterocycles. The molecule has 2 amide bonds. The first-order valence-corrected chi connectivity index (χ1v) is 14.2. The van der Waals surface area contributed by atoms with Crippen LogP contribution < -0.4 is 4.72 Å². The lowest BCUT2D eigenvalue weighted by Crippen LogP contribution is -2.55. The Morgan fingerprint density at radius 2 is 1.86 bits per heavy atom. The van der Waals surface area contributed by atoms with Crippen LogP contribution in [0.2, 0.25) is 0 Å². The van der Waals surface area contributed by atoms with E-state index in [-0.39, 0.29) is 11.8 Å². The molecule has 1 saturated heterocycles. The van der Waals surface area contributed by atoms with E-state index in [1.807, 2.05) is 21.7 Å². The van der Waals surface area contributed by atoms with Gasteiger partial charge in [-0.25, -0.2) is 0 Å². The molecule has 7 heteroatoms. The number of rotatable bonds is 8. The van der Waals surface area contributed by atoms with Crippen LogP contribution in [0.15, 0.2) is 47.5 Å². The summed E-state index contributed by atoms with van der Waals surface area (Å²) < 4.78 is 3.49. The lowest BCUT2D eigenvalue weighted by molar-refractivity contribution is -0.139. The molecule has 1 N–H and O–H groups in total. The van der Waals surface area contributed by atoms with Crippen molar-refractivity contribution in [3.63, 3.8) is 0 Å². The molecule has 4 fully saturated rings. The first-order chi connectivity index (χ1) is 17.5. The van der Waals surface area contributed by atoms with Crippen molar-refractivity contribution in [1.82, 2.24) is 9.80 Å². The van der Waals surface area contributed by atoms with Gasteiger partial charge in [-0.2, -0.15) is 0 Å². The standard InChI is InChI=1S/C29H32N4O2S/c1-18-13-22(21-3-2-4-23(14-21)31-36-24-8-9-24)7-10-25(18)26-30-29(11-12-29)28(35)33(26)17-19-15-32(16-19)27(34)20-5-6-20/h2-4,7,10,13-14,19-20,24,31H,5-6,8-9,11-12,15-17H2,1H3. The van der Waals surface area contributed by atoms with Crippen molar-refractivity contribution >= 4 is 35.3 Å². The van der Waals surface area contributed by atoms with Crippen LogP contribution in [-0.2, 0) is 9.59 Å². The fourth-order valence-corrected chi connectivity index (χ4v) is 6.18. The van der Waals surface area contributed by atoms with Gasteiger partial charge in [0.15, 0.2) is 0 Å². The number of carbonyl (C=O) groups is 2. The molecular weight excluding hydrogens is 468 g/mol. The smallest absolute Gasteiger partial charge is 0.256 e. The van der Waals surface area contributed by atoms with E-state index < -0.39 is 5.54 Å². The number of anilines is 1. The second-order valence-electron chi connectivity index (χ2n) is 11.3. The van der Waals surface area contributed by atoms with Crippen LogP contribution in [0.1, 0.15) is 49.7 Å². The average Bonchev–Trinajstić information content (AvgIpc) is 3.73. The van der Waals surface area contributed by atoms with Gasteiger partial charge in [-0.05, 0) is 86.2 Å². The molecule has 0 bridgehead atoms. The van der Waals surface area contributed by atoms with Crippen LogP contribution in [0.3, 0.4) is 0 Å². The van der Waals surface area contributed by atoms with Crippen molar-refractivity contribution in [3.05, 3.63) is 53.6 Å². The summed E-state index contributed by atoms with van der Waals surface area (Å²) in [5.74, 6) is 1.88. The first-order valence-electron chi connectivity index (χ1n) is 13.3. The van der Waals surface area contributed by atoms with E-state index >= 15 is 0 Å². The third-order valence-electron chi connectivity index (χ3n) is 8.11. The van der Waals surface area contributed by atoms with E-state index in [0.717, 1.165) is 66.7 Å². The molecule has 2 aromatic carbocycles. The molecule has 36 heavy (non-hydrogen) atoms. The van der Waals surface area contributed by atoms with Gasteiger partial charge in [0.05, 0.1) is 0 Å². The fourth-order valence-electron chi connectivity index (χ4n) is 5.38. The highest BCUT2D eigenvalue weighted by Gasteiger charge is 2.58. The van der Waals surface area contributed by atoms with Crippen LogP contribution in [-0.4, -0.2) is 57.9 Å². The Hall–Kier alpha value is -2.80. The number of carbonyl (C=O) groups excluding carboxylic acids is 2. The fraction of sp³-hybridized carbons (Fsp3) is 0.483. The van der Waals surface area contributed by atoms with Crippen LogP contribution in [0.25, 0.3) is 11.1 Å². The van der Waals surface area contributed by atoms with Crippen molar-refractivity contribution in [2.24, 2.45) is 16.8 Å². The summed E-state index contributed by atoms with van der Waals surface area (Å²) in [4.78, 5) is 34.6. The van der Waals surface area contributed by atoms with Gasteiger partial charge in [0.25, 0.3) is 5.91 Å². The maximum Gasteiger partial charge on any atom is 0.256 e. The topological polar surface area (TPSA) is 65.0 Å². The van der Waals surface area contributed by atoms with Crippen molar-refractivity contribution in [2.45, 2.75) is 56.2 Å². The maximum absolute atomic E-state index is 13.4. The van der Waals surface area contributed by atoms with E-state index in [4.69, 9.17) is 4.99 Å². The zero-order valence-electron chi connectivity index (χ0n) is 20.7. The summed E-state index contributed by atoms with van der Waals surface area (Å²) in [6.07, 6.45) is 6.39. The molecule has 3 aliphatic carbocycles. The zero-order chi connectivity index (χ0) is 24.4. The lowest BCUT2D eigenvalue weighted by Gasteiger charge is -2.41. The molecule has 0 radical (unpaired) electrons. The Bertz CT molecular complexity index is 1270. The monoisotopic (exact) mass is 500 g/mol. The Labute approximate surface area is 216 Å². The Balaban J connectivity index is 1.09. The van der Waals surface area contributed by atoms with E-state index in [1.165, 1.54) is 24.0 Å². The summed E-state index contributed by atoms with van der Waals surface area (Å²) in [5, 5.41) is 0.754. The molecular formula is C29H32N4O2S. The minimum Gasteiger partial charge on any atom is -0.342 e. The number of likely N-dealkylation sites (tertiary alicyclic amines) is 1.